The Kier molecular flexibility index (Phi) is 17.9. The molecular formula is C12H26N2O7P2S4. The van der Waals surface area contributed by atoms with Crippen molar-refractivity contribution in [1.29, 1.82) is 0 Å². The Balaban J connectivity index is 0. The van der Waals surface area contributed by atoms with Crippen LogP contribution in [0.2, 0.25) is 0 Å². The lowest BCUT2D eigenvalue weighted by atomic mass is 10.6. The number of hydrogen-bond donors (Lipinski definition) is 1. The van der Waals surface area contributed by atoms with E-state index in [4.69, 9.17) is 41.7 Å². The quantitative estimate of drug-likeness (QED) is 0.315. The van der Waals surface area contributed by atoms with Crippen molar-refractivity contribution in [3.63, 3.8) is 0 Å². The first-order valence-electron chi connectivity index (χ1n) is 7.26. The number of amides is 3. The van der Waals surface area contributed by atoms with Gasteiger partial charge < -0.3 is 23.4 Å². The highest BCUT2D eigenvalue weighted by atomic mass is 32.9. The van der Waals surface area contributed by atoms with Crippen molar-refractivity contribution in [2.45, 2.75) is 6.92 Å². The van der Waals surface area contributed by atoms with Gasteiger partial charge in [0.05, 0.1) is 11.5 Å². The molecule has 0 bridgehead atoms. The van der Waals surface area contributed by atoms with Gasteiger partial charge >= 0.3 is 0 Å². The average molecular weight is 501 g/mol. The third kappa shape index (κ3) is 14.1. The Morgan fingerprint density at radius 2 is 1.41 bits per heavy atom. The van der Waals surface area contributed by atoms with Gasteiger partial charge in [0.15, 0.2) is 0 Å². The summed E-state index contributed by atoms with van der Waals surface area (Å²) in [7, 11) is 7.25. The third-order valence-electron chi connectivity index (χ3n) is 2.52. The molecule has 1 N–H and O–H groups in total. The molecule has 0 atom stereocenters. The number of carbonyl (C=O) groups is 3. The van der Waals surface area contributed by atoms with Crippen molar-refractivity contribution in [2.75, 3.05) is 53.5 Å². The fourth-order valence-corrected chi connectivity index (χ4v) is 6.46. The van der Waals surface area contributed by atoms with E-state index in [9.17, 15) is 14.4 Å². The maximum absolute atomic E-state index is 11.2. The minimum Gasteiger partial charge on any atom is -0.356 e. The van der Waals surface area contributed by atoms with Gasteiger partial charge in [-0.15, -0.1) is 0 Å². The molecule has 0 aromatic heterocycles. The van der Waals surface area contributed by atoms with Crippen LogP contribution in [-0.4, -0.2) is 76.7 Å². The van der Waals surface area contributed by atoms with Crippen LogP contribution in [0.1, 0.15) is 6.92 Å². The van der Waals surface area contributed by atoms with Gasteiger partial charge in [0.2, 0.25) is 29.6 Å². The zero-order chi connectivity index (χ0) is 21.5. The largest absolute Gasteiger partial charge is 0.356 e. The predicted molar refractivity (Wildman–Crippen MR) is 119 cm³/mol. The molecule has 160 valence electrons. The average Bonchev–Trinajstić information content (AvgIpc) is 2.70. The maximum atomic E-state index is 11.2. The summed E-state index contributed by atoms with van der Waals surface area (Å²) in [6, 6.07) is 0. The highest BCUT2D eigenvalue weighted by Gasteiger charge is 2.19. The molecule has 0 aliphatic carbocycles. The van der Waals surface area contributed by atoms with Crippen LogP contribution >= 0.6 is 34.2 Å². The SMILES string of the molecule is CCNC(=O)CSP(=S)(OC)OC.COP(=S)(OC)SCC(=O)N(C)C=O. The zero-order valence-electron chi connectivity index (χ0n) is 16.0. The number of nitrogens with one attached hydrogen (secondary N) is 1. The van der Waals surface area contributed by atoms with Gasteiger partial charge in [-0.1, -0.05) is 22.8 Å². The number of carbonyl (C=O) groups excluding carboxylic acids is 3. The molecule has 3 amide bonds. The van der Waals surface area contributed by atoms with E-state index in [1.807, 2.05) is 6.92 Å². The van der Waals surface area contributed by atoms with E-state index in [-0.39, 0.29) is 23.3 Å². The number of hydrogen-bond acceptors (Lipinski definition) is 11. The van der Waals surface area contributed by atoms with Crippen LogP contribution < -0.4 is 5.32 Å². The van der Waals surface area contributed by atoms with E-state index >= 15 is 0 Å². The first kappa shape index (κ1) is 29.6. The second-order valence-electron chi connectivity index (χ2n) is 4.24. The third-order valence-corrected chi connectivity index (χ3v) is 13.9. The summed E-state index contributed by atoms with van der Waals surface area (Å²) >= 11 is 12.4. The fraction of sp³-hybridized carbons (Fsp3) is 0.750. The first-order chi connectivity index (χ1) is 12.6. The molecule has 0 fully saturated rings. The van der Waals surface area contributed by atoms with Crippen molar-refractivity contribution in [1.82, 2.24) is 10.2 Å². The van der Waals surface area contributed by atoms with Crippen molar-refractivity contribution in [2.24, 2.45) is 0 Å². The monoisotopic (exact) mass is 500 g/mol. The van der Waals surface area contributed by atoms with Gasteiger partial charge in [-0.05, 0) is 30.5 Å². The predicted octanol–water partition coefficient (Wildman–Crippen LogP) is 2.22. The minimum absolute atomic E-state index is 0.0455. The van der Waals surface area contributed by atoms with Crippen LogP contribution in [0.5, 0.6) is 0 Å². The number of rotatable bonds is 12. The molecule has 0 rings (SSSR count). The summed E-state index contributed by atoms with van der Waals surface area (Å²) in [5, 5.41) is 2.67. The van der Waals surface area contributed by atoms with E-state index in [0.717, 1.165) is 16.3 Å². The second-order valence-corrected chi connectivity index (χ2v) is 17.3. The Labute approximate surface area is 178 Å². The van der Waals surface area contributed by atoms with Gasteiger partial charge in [0.25, 0.3) is 0 Å². The highest BCUT2D eigenvalue weighted by Crippen LogP contribution is 2.60. The lowest BCUT2D eigenvalue weighted by molar-refractivity contribution is -0.134. The topological polar surface area (TPSA) is 103 Å². The minimum atomic E-state index is -2.40. The molecule has 0 aromatic carbocycles. The van der Waals surface area contributed by atoms with Crippen LogP contribution in [0.3, 0.4) is 0 Å². The summed E-state index contributed by atoms with van der Waals surface area (Å²) in [5.74, 6) is -0.00906. The summed E-state index contributed by atoms with van der Waals surface area (Å²) < 4.78 is 19.9. The standard InChI is InChI=1S/C6H12NO4PS2.C6H14NO3PS2/c1-7(5-8)6(9)4-14-12(13,10-2)11-3;1-4-7-6(8)5-13-11(12,9-2)10-3/h5H,4H2,1-3H3;4-5H2,1-3H3,(H,7,8). The normalized spacial score (nSPS) is 11.2. The molecule has 0 spiro atoms. The van der Waals surface area contributed by atoms with Gasteiger partial charge in [-0.2, -0.15) is 0 Å². The summed E-state index contributed by atoms with van der Waals surface area (Å²) in [4.78, 5) is 33.4. The van der Waals surface area contributed by atoms with Gasteiger partial charge in [0, 0.05) is 42.0 Å². The Morgan fingerprint density at radius 3 is 1.74 bits per heavy atom. The number of nitrogens with zero attached hydrogens (tertiary/aromatic N) is 1. The fourth-order valence-electron chi connectivity index (χ4n) is 1.04. The Morgan fingerprint density at radius 1 is 1.00 bits per heavy atom. The summed E-state index contributed by atoms with van der Waals surface area (Å²) in [6.07, 6.45) is 0.450. The molecule has 0 aliphatic heterocycles. The Hall–Kier alpha value is 0.450. The van der Waals surface area contributed by atoms with E-state index in [1.165, 1.54) is 46.9 Å². The van der Waals surface area contributed by atoms with Gasteiger partial charge in [-0.3, -0.25) is 19.3 Å². The van der Waals surface area contributed by atoms with Gasteiger partial charge in [-0.25, -0.2) is 0 Å². The van der Waals surface area contributed by atoms with Gasteiger partial charge in [0.1, 0.15) is 0 Å². The van der Waals surface area contributed by atoms with Crippen molar-refractivity contribution >= 4 is 76.0 Å². The molecule has 0 saturated heterocycles. The molecule has 27 heavy (non-hydrogen) atoms. The van der Waals surface area contributed by atoms with Crippen molar-refractivity contribution in [3.8, 4) is 0 Å². The smallest absolute Gasteiger partial charge is 0.247 e. The van der Waals surface area contributed by atoms with E-state index in [0.29, 0.717) is 13.0 Å². The molecule has 0 saturated carbocycles. The van der Waals surface area contributed by atoms with Crippen molar-refractivity contribution < 1.29 is 32.5 Å². The molecule has 0 aromatic rings. The first-order valence-corrected chi connectivity index (χ1v) is 15.7. The van der Waals surface area contributed by atoms with Crippen LogP contribution in [0, 0.1) is 0 Å². The van der Waals surface area contributed by atoms with Crippen molar-refractivity contribution in [3.05, 3.63) is 0 Å². The van der Waals surface area contributed by atoms with E-state index in [1.54, 1.807) is 0 Å². The molecular weight excluding hydrogens is 474 g/mol. The molecule has 0 unspecified atom stereocenters. The van der Waals surface area contributed by atoms with E-state index in [2.05, 4.69) is 5.32 Å². The summed E-state index contributed by atoms with van der Waals surface area (Å²) in [5.41, 5.74) is -4.67. The maximum Gasteiger partial charge on any atom is 0.247 e. The Bertz CT molecular complexity index is 552. The second kappa shape index (κ2) is 16.3. The van der Waals surface area contributed by atoms with Crippen LogP contribution in [0.4, 0.5) is 0 Å². The zero-order valence-corrected chi connectivity index (χ0v) is 21.1. The van der Waals surface area contributed by atoms with E-state index < -0.39 is 11.4 Å². The number of imide groups is 1. The highest BCUT2D eigenvalue weighted by molar-refractivity contribution is 8.68. The van der Waals surface area contributed by atoms with Crippen LogP contribution in [0.15, 0.2) is 0 Å². The lowest BCUT2D eigenvalue weighted by Gasteiger charge is -2.16. The molecule has 15 heteroatoms. The van der Waals surface area contributed by atoms with Crippen LogP contribution in [-0.2, 0) is 56.1 Å². The molecule has 0 radical (unpaired) electrons. The molecule has 0 aliphatic rings. The molecule has 9 nitrogen and oxygen atoms in total. The summed E-state index contributed by atoms with van der Waals surface area (Å²) in [6.45, 7) is 2.49. The van der Waals surface area contributed by atoms with Crippen LogP contribution in [0.25, 0.3) is 0 Å². The lowest BCUT2D eigenvalue weighted by Crippen LogP contribution is -2.26. The molecule has 0 heterocycles.